The molecule has 3 rings (SSSR count). The van der Waals surface area contributed by atoms with Crippen LogP contribution in [0.2, 0.25) is 0 Å². The minimum atomic E-state index is -3.47. The number of nitrogens with zero attached hydrogens (tertiary/aromatic N) is 3. The van der Waals surface area contributed by atoms with Gasteiger partial charge in [0.05, 0.1) is 26.3 Å². The van der Waals surface area contributed by atoms with Crippen LogP contribution in [-0.4, -0.2) is 39.6 Å². The highest BCUT2D eigenvalue weighted by atomic mass is 32.2. The molecule has 0 aliphatic heterocycles. The maximum atomic E-state index is 12.2. The molecule has 9 heteroatoms. The first kappa shape index (κ1) is 15.8. The van der Waals surface area contributed by atoms with E-state index >= 15 is 0 Å². The second-order valence-electron chi connectivity index (χ2n) is 4.72. The Morgan fingerprint density at radius 1 is 1.30 bits per heavy atom. The molecule has 0 spiro atoms. The van der Waals surface area contributed by atoms with Gasteiger partial charge < -0.3 is 4.42 Å². The average molecular weight is 351 g/mol. The molecule has 0 N–H and O–H groups in total. The highest BCUT2D eigenvalue weighted by Crippen LogP contribution is 2.28. The van der Waals surface area contributed by atoms with E-state index in [4.69, 9.17) is 4.42 Å². The van der Waals surface area contributed by atoms with E-state index in [9.17, 15) is 12.6 Å². The van der Waals surface area contributed by atoms with Crippen molar-refractivity contribution in [3.05, 3.63) is 30.6 Å². The molecule has 7 nitrogen and oxygen atoms in total. The van der Waals surface area contributed by atoms with Gasteiger partial charge in [0, 0.05) is 18.6 Å². The molecule has 0 fully saturated rings. The lowest BCUT2D eigenvalue weighted by atomic mass is 10.3. The smallest absolute Gasteiger partial charge is 0.249 e. The molecule has 0 amide bonds. The molecule has 0 aliphatic rings. The van der Waals surface area contributed by atoms with Gasteiger partial charge >= 0.3 is 0 Å². The van der Waals surface area contributed by atoms with Crippen LogP contribution in [0.1, 0.15) is 6.92 Å². The Labute approximate surface area is 135 Å². The third kappa shape index (κ3) is 2.89. The summed E-state index contributed by atoms with van der Waals surface area (Å²) in [5, 5.41) is 0. The van der Waals surface area contributed by atoms with Crippen molar-refractivity contribution in [3.63, 3.8) is 0 Å². The third-order valence-electron chi connectivity index (χ3n) is 3.24. The Bertz CT molecular complexity index is 1010. The van der Waals surface area contributed by atoms with Gasteiger partial charge in [-0.15, -0.1) is 0 Å². The van der Waals surface area contributed by atoms with Gasteiger partial charge in [0.1, 0.15) is 11.2 Å². The third-order valence-corrected chi connectivity index (χ3v) is 5.89. The van der Waals surface area contributed by atoms with E-state index in [2.05, 4.69) is 15.0 Å². The summed E-state index contributed by atoms with van der Waals surface area (Å²) >= 11 is 0. The molecule has 0 saturated carbocycles. The van der Waals surface area contributed by atoms with Gasteiger partial charge in [0.15, 0.2) is 9.84 Å². The summed E-state index contributed by atoms with van der Waals surface area (Å²) in [4.78, 5) is 13.0. The first-order chi connectivity index (χ1) is 10.9. The predicted molar refractivity (Wildman–Crippen MR) is 85.1 cm³/mol. The molecule has 0 bridgehead atoms. The van der Waals surface area contributed by atoms with Crippen LogP contribution in [0.15, 0.2) is 44.8 Å². The van der Waals surface area contributed by atoms with E-state index in [-0.39, 0.29) is 27.9 Å². The minimum absolute atomic E-state index is 0.0524. The lowest BCUT2D eigenvalue weighted by Gasteiger charge is -2.04. The van der Waals surface area contributed by atoms with Crippen molar-refractivity contribution in [2.45, 2.75) is 16.7 Å². The van der Waals surface area contributed by atoms with Crippen molar-refractivity contribution in [2.75, 3.05) is 12.0 Å². The second kappa shape index (κ2) is 5.82. The highest BCUT2D eigenvalue weighted by molar-refractivity contribution is 7.91. The highest BCUT2D eigenvalue weighted by Gasteiger charge is 2.22. The van der Waals surface area contributed by atoms with Crippen LogP contribution in [0.25, 0.3) is 22.8 Å². The number of hydrogen-bond donors (Lipinski definition) is 0. The number of rotatable bonds is 4. The van der Waals surface area contributed by atoms with E-state index in [0.29, 0.717) is 10.4 Å². The number of oxazole rings is 1. The van der Waals surface area contributed by atoms with Crippen molar-refractivity contribution in [1.82, 2.24) is 15.0 Å². The molecule has 1 unspecified atom stereocenters. The summed E-state index contributed by atoms with van der Waals surface area (Å²) in [6.45, 7) is 1.56. The summed E-state index contributed by atoms with van der Waals surface area (Å²) in [5.41, 5.74) is 0.782. The first-order valence-corrected chi connectivity index (χ1v) is 9.91. The molecule has 1 atom stereocenters. The van der Waals surface area contributed by atoms with E-state index in [1.807, 2.05) is 0 Å². The van der Waals surface area contributed by atoms with Crippen LogP contribution in [0, 0.1) is 0 Å². The van der Waals surface area contributed by atoms with Crippen LogP contribution in [0.4, 0.5) is 0 Å². The van der Waals surface area contributed by atoms with E-state index in [0.717, 1.165) is 0 Å². The fourth-order valence-corrected chi connectivity index (χ4v) is 3.53. The normalized spacial score (nSPS) is 13.3. The largest absolute Gasteiger partial charge is 0.416 e. The maximum absolute atomic E-state index is 12.2. The van der Waals surface area contributed by atoms with Crippen LogP contribution in [0.3, 0.4) is 0 Å². The van der Waals surface area contributed by atoms with Crippen molar-refractivity contribution in [1.29, 1.82) is 0 Å². The Morgan fingerprint density at radius 2 is 2.09 bits per heavy atom. The van der Waals surface area contributed by atoms with Crippen LogP contribution >= 0.6 is 0 Å². The maximum Gasteiger partial charge on any atom is 0.249 e. The van der Waals surface area contributed by atoms with Crippen molar-refractivity contribution >= 4 is 31.9 Å². The van der Waals surface area contributed by atoms with Gasteiger partial charge in [0.25, 0.3) is 0 Å². The standard InChI is InChI=1S/C14H13N3O4S2/c1-3-23(19,20)11-5-4-6-15-12(11)14-17-10-7-9(22(2)18)8-16-13(10)21-14/h4-8H,3H2,1-2H3. The topological polar surface area (TPSA) is 103 Å². The molecule has 0 saturated heterocycles. The first-order valence-electron chi connectivity index (χ1n) is 6.70. The van der Waals surface area contributed by atoms with E-state index in [1.54, 1.807) is 19.1 Å². The average Bonchev–Trinajstić information content (AvgIpc) is 2.97. The molecular weight excluding hydrogens is 338 g/mol. The molecule has 120 valence electrons. The fraction of sp³-hybridized carbons (Fsp3) is 0.214. The molecule has 0 radical (unpaired) electrons. The number of fused-ring (bicyclic) bond motifs is 1. The van der Waals surface area contributed by atoms with Gasteiger partial charge in [-0.1, -0.05) is 6.92 Å². The number of pyridine rings is 2. The monoisotopic (exact) mass is 351 g/mol. The number of hydrogen-bond acceptors (Lipinski definition) is 7. The Balaban J connectivity index is 2.20. The molecule has 3 aromatic rings. The van der Waals surface area contributed by atoms with Gasteiger partial charge in [-0.2, -0.15) is 0 Å². The predicted octanol–water partition coefficient (Wildman–Crippen LogP) is 1.82. The van der Waals surface area contributed by atoms with E-state index < -0.39 is 20.6 Å². The quantitative estimate of drug-likeness (QED) is 0.706. The summed E-state index contributed by atoms with van der Waals surface area (Å²) in [7, 11) is -4.66. The van der Waals surface area contributed by atoms with Crippen molar-refractivity contribution < 1.29 is 17.0 Å². The summed E-state index contributed by atoms with van der Waals surface area (Å²) < 4.78 is 41.4. The van der Waals surface area contributed by atoms with Gasteiger partial charge in [-0.3, -0.25) is 4.21 Å². The lowest BCUT2D eigenvalue weighted by molar-refractivity contribution is 0.589. The Hall–Kier alpha value is -2.13. The second-order valence-corrected chi connectivity index (χ2v) is 8.35. The SMILES string of the molecule is CCS(=O)(=O)c1cccnc1-c1nc2cc(S(C)=O)cnc2o1. The fourth-order valence-electron chi connectivity index (χ4n) is 2.02. The summed E-state index contributed by atoms with van der Waals surface area (Å²) in [6.07, 6.45) is 4.45. The summed E-state index contributed by atoms with van der Waals surface area (Å²) in [6, 6.07) is 4.61. The molecule has 3 aromatic heterocycles. The van der Waals surface area contributed by atoms with Gasteiger partial charge in [0.2, 0.25) is 11.6 Å². The molecule has 3 heterocycles. The molecule has 0 aliphatic carbocycles. The van der Waals surface area contributed by atoms with Gasteiger partial charge in [-0.05, 0) is 18.2 Å². The zero-order valence-electron chi connectivity index (χ0n) is 12.4. The van der Waals surface area contributed by atoms with Crippen LogP contribution in [-0.2, 0) is 20.6 Å². The molecule has 0 aromatic carbocycles. The molecular formula is C14H13N3O4S2. The zero-order chi connectivity index (χ0) is 16.6. The van der Waals surface area contributed by atoms with Crippen molar-refractivity contribution in [3.8, 4) is 11.6 Å². The van der Waals surface area contributed by atoms with Crippen LogP contribution < -0.4 is 0 Å². The lowest BCUT2D eigenvalue weighted by Crippen LogP contribution is -2.06. The number of sulfone groups is 1. The van der Waals surface area contributed by atoms with E-state index in [1.165, 1.54) is 24.7 Å². The van der Waals surface area contributed by atoms with Gasteiger partial charge in [-0.25, -0.2) is 23.4 Å². The zero-order valence-corrected chi connectivity index (χ0v) is 14.0. The van der Waals surface area contributed by atoms with Crippen molar-refractivity contribution in [2.24, 2.45) is 0 Å². The van der Waals surface area contributed by atoms with Crippen LogP contribution in [0.5, 0.6) is 0 Å². The minimum Gasteiger partial charge on any atom is -0.416 e. The Morgan fingerprint density at radius 3 is 2.78 bits per heavy atom. The summed E-state index contributed by atoms with van der Waals surface area (Å²) in [5.74, 6) is 0.0162. The molecule has 23 heavy (non-hydrogen) atoms. The number of aromatic nitrogens is 3. The Kier molecular flexibility index (Phi) is 3.99.